The molecule has 1 aliphatic carbocycles. The Kier molecular flexibility index (Phi) is 2.28. The molecule has 2 rings (SSSR count). The minimum absolute atomic E-state index is 0.215. The topological polar surface area (TPSA) is 46.5 Å². The Morgan fingerprint density at radius 2 is 2.23 bits per heavy atom. The summed E-state index contributed by atoms with van der Waals surface area (Å²) in [4.78, 5) is 10.9. The van der Waals surface area contributed by atoms with Crippen LogP contribution in [-0.2, 0) is 9.53 Å². The number of hydrogen-bond acceptors (Lipinski definition) is 2. The molecular formula is C10H16O3. The number of aliphatic carboxylic acids is 1. The molecule has 0 bridgehead atoms. The van der Waals surface area contributed by atoms with Gasteiger partial charge in [0.05, 0.1) is 11.5 Å². The molecule has 0 radical (unpaired) electrons. The van der Waals surface area contributed by atoms with E-state index in [0.717, 1.165) is 38.7 Å². The molecule has 13 heavy (non-hydrogen) atoms. The van der Waals surface area contributed by atoms with E-state index in [0.29, 0.717) is 0 Å². The van der Waals surface area contributed by atoms with Gasteiger partial charge in [-0.2, -0.15) is 0 Å². The molecule has 1 heterocycles. The van der Waals surface area contributed by atoms with Gasteiger partial charge < -0.3 is 9.84 Å². The molecule has 0 spiro atoms. The molecule has 0 aromatic rings. The Morgan fingerprint density at radius 1 is 1.46 bits per heavy atom. The maximum atomic E-state index is 10.9. The highest BCUT2D eigenvalue weighted by atomic mass is 16.5. The number of ether oxygens (including phenoxy) is 1. The molecule has 74 valence electrons. The maximum Gasteiger partial charge on any atom is 0.309 e. The zero-order valence-corrected chi connectivity index (χ0v) is 7.79. The van der Waals surface area contributed by atoms with Gasteiger partial charge in [-0.05, 0) is 38.5 Å². The van der Waals surface area contributed by atoms with Gasteiger partial charge in [0.15, 0.2) is 0 Å². The normalized spacial score (nSPS) is 31.2. The van der Waals surface area contributed by atoms with Crippen molar-refractivity contribution < 1.29 is 14.6 Å². The lowest BCUT2D eigenvalue weighted by molar-refractivity contribution is -0.145. The van der Waals surface area contributed by atoms with Crippen LogP contribution in [-0.4, -0.2) is 23.8 Å². The van der Waals surface area contributed by atoms with Gasteiger partial charge in [-0.1, -0.05) is 0 Å². The van der Waals surface area contributed by atoms with Gasteiger partial charge in [-0.3, -0.25) is 4.79 Å². The van der Waals surface area contributed by atoms with Crippen molar-refractivity contribution in [2.45, 2.75) is 44.6 Å². The van der Waals surface area contributed by atoms with Gasteiger partial charge in [0, 0.05) is 6.61 Å². The predicted octanol–water partition coefficient (Wildman–Crippen LogP) is 1.81. The fourth-order valence-corrected chi connectivity index (χ4v) is 2.06. The van der Waals surface area contributed by atoms with Crippen molar-refractivity contribution in [1.29, 1.82) is 0 Å². The van der Waals surface area contributed by atoms with Crippen LogP contribution in [0, 0.1) is 5.41 Å². The zero-order chi connectivity index (χ0) is 9.31. The fraction of sp³-hybridized carbons (Fsp3) is 0.900. The Hall–Kier alpha value is -0.570. The quantitative estimate of drug-likeness (QED) is 0.727. The van der Waals surface area contributed by atoms with Crippen molar-refractivity contribution in [1.82, 2.24) is 0 Å². The summed E-state index contributed by atoms with van der Waals surface area (Å²) in [5.41, 5.74) is -0.401. The highest BCUT2D eigenvalue weighted by Crippen LogP contribution is 2.50. The molecule has 1 unspecified atom stereocenters. The summed E-state index contributed by atoms with van der Waals surface area (Å²) < 4.78 is 5.54. The minimum Gasteiger partial charge on any atom is -0.481 e. The van der Waals surface area contributed by atoms with Crippen molar-refractivity contribution >= 4 is 5.97 Å². The van der Waals surface area contributed by atoms with Crippen LogP contribution in [0.3, 0.4) is 0 Å². The molecule has 2 aliphatic rings. The van der Waals surface area contributed by atoms with E-state index in [1.807, 2.05) is 0 Å². The minimum atomic E-state index is -0.623. The summed E-state index contributed by atoms with van der Waals surface area (Å²) in [6.45, 7) is 0.820. The van der Waals surface area contributed by atoms with E-state index in [-0.39, 0.29) is 6.10 Å². The van der Waals surface area contributed by atoms with E-state index < -0.39 is 11.4 Å². The lowest BCUT2D eigenvalue weighted by atomic mass is 9.94. The van der Waals surface area contributed by atoms with Gasteiger partial charge in [0.2, 0.25) is 0 Å². The maximum absolute atomic E-state index is 10.9. The Morgan fingerprint density at radius 3 is 2.69 bits per heavy atom. The van der Waals surface area contributed by atoms with Crippen LogP contribution in [0.25, 0.3) is 0 Å². The van der Waals surface area contributed by atoms with Gasteiger partial charge in [0.25, 0.3) is 0 Å². The monoisotopic (exact) mass is 184 g/mol. The number of hydrogen-bond donors (Lipinski definition) is 1. The largest absolute Gasteiger partial charge is 0.481 e. The zero-order valence-electron chi connectivity index (χ0n) is 7.79. The third-order valence-corrected chi connectivity index (χ3v) is 3.20. The fourth-order valence-electron chi connectivity index (χ4n) is 2.06. The highest BCUT2D eigenvalue weighted by molar-refractivity contribution is 5.77. The molecule has 3 nitrogen and oxygen atoms in total. The van der Waals surface area contributed by atoms with Gasteiger partial charge in [0.1, 0.15) is 0 Å². The first-order valence-electron chi connectivity index (χ1n) is 5.08. The van der Waals surface area contributed by atoms with E-state index in [9.17, 15) is 4.79 Å². The predicted molar refractivity (Wildman–Crippen MR) is 47.5 cm³/mol. The van der Waals surface area contributed by atoms with Crippen molar-refractivity contribution in [3.05, 3.63) is 0 Å². The number of rotatable bonds is 3. The van der Waals surface area contributed by atoms with Crippen LogP contribution < -0.4 is 0 Å². The molecule has 1 aliphatic heterocycles. The summed E-state index contributed by atoms with van der Waals surface area (Å²) in [6, 6.07) is 0. The highest BCUT2D eigenvalue weighted by Gasteiger charge is 2.51. The average molecular weight is 184 g/mol. The van der Waals surface area contributed by atoms with Crippen LogP contribution in [0.4, 0.5) is 0 Å². The molecule has 0 amide bonds. The van der Waals surface area contributed by atoms with Gasteiger partial charge in [-0.25, -0.2) is 0 Å². The molecule has 0 aromatic heterocycles. The van der Waals surface area contributed by atoms with Gasteiger partial charge >= 0.3 is 5.97 Å². The number of carbonyl (C=O) groups is 1. The Labute approximate surface area is 78.1 Å². The number of carboxylic acid groups (broad SMARTS) is 1. The van der Waals surface area contributed by atoms with Crippen molar-refractivity contribution in [3.8, 4) is 0 Å². The van der Waals surface area contributed by atoms with Crippen LogP contribution in [0.5, 0.6) is 0 Å². The van der Waals surface area contributed by atoms with E-state index in [1.165, 1.54) is 6.42 Å². The van der Waals surface area contributed by atoms with E-state index in [1.54, 1.807) is 0 Å². The van der Waals surface area contributed by atoms with Gasteiger partial charge in [-0.15, -0.1) is 0 Å². The first-order chi connectivity index (χ1) is 6.23. The summed E-state index contributed by atoms with van der Waals surface area (Å²) in [6.07, 6.45) is 6.03. The van der Waals surface area contributed by atoms with Crippen molar-refractivity contribution in [2.24, 2.45) is 5.41 Å². The molecule has 1 saturated heterocycles. The third kappa shape index (κ3) is 1.85. The summed E-state index contributed by atoms with van der Waals surface area (Å²) in [5, 5.41) is 8.98. The smallest absolute Gasteiger partial charge is 0.309 e. The third-order valence-electron chi connectivity index (χ3n) is 3.20. The summed E-state index contributed by atoms with van der Waals surface area (Å²) in [5.74, 6) is -0.623. The van der Waals surface area contributed by atoms with E-state index in [4.69, 9.17) is 9.84 Å². The molecule has 1 saturated carbocycles. The number of carboxylic acids is 1. The molecule has 3 heteroatoms. The van der Waals surface area contributed by atoms with Crippen LogP contribution in [0.1, 0.15) is 38.5 Å². The van der Waals surface area contributed by atoms with Crippen LogP contribution in [0.2, 0.25) is 0 Å². The summed E-state index contributed by atoms with van der Waals surface area (Å²) in [7, 11) is 0. The second-order valence-corrected chi connectivity index (χ2v) is 4.28. The molecule has 2 fully saturated rings. The van der Waals surface area contributed by atoms with Crippen molar-refractivity contribution in [2.75, 3.05) is 6.61 Å². The molecule has 0 aromatic carbocycles. The molecule has 1 atom stereocenters. The van der Waals surface area contributed by atoms with E-state index >= 15 is 0 Å². The molecule has 1 N–H and O–H groups in total. The Balaban J connectivity index is 1.86. The Bertz CT molecular complexity index is 202. The van der Waals surface area contributed by atoms with Crippen LogP contribution >= 0.6 is 0 Å². The SMILES string of the molecule is O=C(O)C1(CC2CCCCO2)CC1. The lowest BCUT2D eigenvalue weighted by Gasteiger charge is -2.24. The molecular weight excluding hydrogens is 168 g/mol. The first kappa shape index (κ1) is 9.00. The summed E-state index contributed by atoms with van der Waals surface area (Å²) >= 11 is 0. The lowest BCUT2D eigenvalue weighted by Crippen LogP contribution is -2.26. The standard InChI is InChI=1S/C10H16O3/c11-9(12)10(4-5-10)7-8-3-1-2-6-13-8/h8H,1-7H2,(H,11,12). The van der Waals surface area contributed by atoms with Crippen LogP contribution in [0.15, 0.2) is 0 Å². The van der Waals surface area contributed by atoms with E-state index in [2.05, 4.69) is 0 Å². The van der Waals surface area contributed by atoms with Crippen molar-refractivity contribution in [3.63, 3.8) is 0 Å². The second kappa shape index (κ2) is 3.29. The second-order valence-electron chi connectivity index (χ2n) is 4.28. The average Bonchev–Trinajstić information content (AvgIpc) is 2.87. The first-order valence-corrected chi connectivity index (χ1v) is 5.08.